The summed E-state index contributed by atoms with van der Waals surface area (Å²) in [6.07, 6.45) is 9.74. The lowest BCUT2D eigenvalue weighted by atomic mass is 10.1. The molecule has 13 heteroatoms. The van der Waals surface area contributed by atoms with Gasteiger partial charge < -0.3 is 36.3 Å². The Morgan fingerprint density at radius 2 is 1.75 bits per heavy atom. The molecule has 3 aromatic carbocycles. The molecule has 1 atom stereocenters. The maximum absolute atomic E-state index is 13.5. The molecule has 13 nitrogen and oxygen atoms in total. The van der Waals surface area contributed by atoms with Crippen LogP contribution in [0.3, 0.4) is 0 Å². The Morgan fingerprint density at radius 1 is 0.962 bits per heavy atom. The summed E-state index contributed by atoms with van der Waals surface area (Å²) in [4.78, 5) is 61.8. The summed E-state index contributed by atoms with van der Waals surface area (Å²) in [6, 6.07) is 18.2. The van der Waals surface area contributed by atoms with E-state index in [0.29, 0.717) is 42.1 Å². The predicted molar refractivity (Wildman–Crippen MR) is 200 cm³/mol. The summed E-state index contributed by atoms with van der Waals surface area (Å²) >= 11 is 0. The van der Waals surface area contributed by atoms with E-state index >= 15 is 0 Å². The number of hydrogen-bond acceptors (Lipinski definition) is 8. The van der Waals surface area contributed by atoms with Crippen molar-refractivity contribution in [3.05, 3.63) is 107 Å². The lowest BCUT2D eigenvalue weighted by Crippen LogP contribution is -2.42. The second-order valence-corrected chi connectivity index (χ2v) is 14.1. The second-order valence-electron chi connectivity index (χ2n) is 14.1. The van der Waals surface area contributed by atoms with Gasteiger partial charge in [0.15, 0.2) is 6.61 Å². The van der Waals surface area contributed by atoms with E-state index in [-0.39, 0.29) is 36.3 Å². The third-order valence-electron chi connectivity index (χ3n) is 9.96. The lowest BCUT2D eigenvalue weighted by Gasteiger charge is -2.24. The van der Waals surface area contributed by atoms with E-state index in [1.807, 2.05) is 23.1 Å². The van der Waals surface area contributed by atoms with Gasteiger partial charge in [-0.2, -0.15) is 0 Å². The van der Waals surface area contributed by atoms with Gasteiger partial charge in [0.05, 0.1) is 18.1 Å². The van der Waals surface area contributed by atoms with E-state index in [2.05, 4.69) is 43.0 Å². The Hall–Kier alpha value is -5.53. The van der Waals surface area contributed by atoms with Crippen molar-refractivity contribution in [3.63, 3.8) is 0 Å². The van der Waals surface area contributed by atoms with Crippen molar-refractivity contribution in [1.82, 2.24) is 25.1 Å². The number of amides is 4. The maximum atomic E-state index is 13.5. The number of ether oxygens (including phenoxy) is 1. The van der Waals surface area contributed by atoms with Crippen LogP contribution in [0.5, 0.6) is 5.75 Å². The van der Waals surface area contributed by atoms with Crippen molar-refractivity contribution in [2.75, 3.05) is 30.3 Å². The van der Waals surface area contributed by atoms with Crippen LogP contribution in [0.25, 0.3) is 0 Å². The summed E-state index contributed by atoms with van der Waals surface area (Å²) in [6.45, 7) is 3.73. The molecule has 1 saturated carbocycles. The number of benzene rings is 3. The standard InChI is InChI=1S/C40H46N8O5/c41-34(19-32-20-42-25-44-32)39(51)43-15-3-1-2-4-16-47-22-29-9-11-31(17-30(29)23-47)45-38(50)27-7-5-26(6-8-27)21-48(33-12-13-33)40(52)28-10-14-35-36(18-28)53-24-37(49)46-35/h5-11,14,17-18,20,25,33-34H,1-4,12-13,15-16,19,21-24,41H2,(H,42,44)(H,43,51)(H,45,50)(H,46,49)/t34-/m0/s1. The number of aromatic nitrogens is 2. The minimum atomic E-state index is -0.584. The third kappa shape index (κ3) is 9.29. The lowest BCUT2D eigenvalue weighted by molar-refractivity contribution is -0.122. The number of nitrogens with one attached hydrogen (secondary N) is 4. The fraction of sp³-hybridized carbons (Fsp3) is 0.375. The normalized spacial score (nSPS) is 15.5. The van der Waals surface area contributed by atoms with E-state index < -0.39 is 6.04 Å². The highest BCUT2D eigenvalue weighted by Gasteiger charge is 2.33. The molecule has 3 heterocycles. The Labute approximate surface area is 308 Å². The van der Waals surface area contributed by atoms with Crippen LogP contribution >= 0.6 is 0 Å². The smallest absolute Gasteiger partial charge is 0.262 e. The van der Waals surface area contributed by atoms with Crippen molar-refractivity contribution in [2.45, 2.75) is 76.7 Å². The molecule has 0 saturated heterocycles. The number of H-pyrrole nitrogens is 1. The summed E-state index contributed by atoms with van der Waals surface area (Å²) < 4.78 is 5.52. The van der Waals surface area contributed by atoms with Gasteiger partial charge in [-0.15, -0.1) is 0 Å². The number of anilines is 2. The quantitative estimate of drug-likeness (QED) is 0.106. The molecule has 3 aliphatic rings. The molecular weight excluding hydrogens is 672 g/mol. The number of carbonyl (C=O) groups excluding carboxylic acids is 4. The van der Waals surface area contributed by atoms with E-state index in [1.54, 1.807) is 42.9 Å². The van der Waals surface area contributed by atoms with Gasteiger partial charge >= 0.3 is 0 Å². The Balaban J connectivity index is 0.830. The number of carbonyl (C=O) groups is 4. The first-order valence-corrected chi connectivity index (χ1v) is 18.4. The summed E-state index contributed by atoms with van der Waals surface area (Å²) in [5, 5.41) is 8.75. The van der Waals surface area contributed by atoms with Crippen LogP contribution in [-0.2, 0) is 35.6 Å². The van der Waals surface area contributed by atoms with Gasteiger partial charge in [0.25, 0.3) is 17.7 Å². The average molecular weight is 719 g/mol. The van der Waals surface area contributed by atoms with Gasteiger partial charge in [-0.05, 0) is 91.4 Å². The molecular formula is C40H46N8O5. The molecule has 1 aliphatic carbocycles. The number of imidazole rings is 1. The largest absolute Gasteiger partial charge is 0.482 e. The first-order chi connectivity index (χ1) is 25.8. The summed E-state index contributed by atoms with van der Waals surface area (Å²) in [5.74, 6) is -0.127. The number of rotatable bonds is 16. The molecule has 1 aromatic heterocycles. The molecule has 0 bridgehead atoms. The highest BCUT2D eigenvalue weighted by atomic mass is 16.5. The monoisotopic (exact) mass is 718 g/mol. The van der Waals surface area contributed by atoms with Crippen molar-refractivity contribution in [3.8, 4) is 5.75 Å². The predicted octanol–water partition coefficient (Wildman–Crippen LogP) is 4.36. The van der Waals surface area contributed by atoms with E-state index in [0.717, 1.165) is 75.1 Å². The molecule has 4 aromatic rings. The van der Waals surface area contributed by atoms with Crippen LogP contribution in [0, 0.1) is 0 Å². The van der Waals surface area contributed by atoms with Gasteiger partial charge in [-0.3, -0.25) is 24.1 Å². The van der Waals surface area contributed by atoms with E-state index in [1.165, 1.54) is 11.1 Å². The van der Waals surface area contributed by atoms with Gasteiger partial charge in [0.2, 0.25) is 5.91 Å². The van der Waals surface area contributed by atoms with Crippen LogP contribution in [0.1, 0.15) is 81.6 Å². The zero-order valence-corrected chi connectivity index (χ0v) is 29.7. The zero-order valence-electron chi connectivity index (χ0n) is 29.7. The fourth-order valence-electron chi connectivity index (χ4n) is 6.87. The van der Waals surface area contributed by atoms with Crippen molar-refractivity contribution >= 4 is 35.0 Å². The van der Waals surface area contributed by atoms with Crippen molar-refractivity contribution < 1.29 is 23.9 Å². The van der Waals surface area contributed by atoms with Crippen LogP contribution in [-0.4, -0.2) is 75.2 Å². The molecule has 0 spiro atoms. The molecule has 6 N–H and O–H groups in total. The topological polar surface area (TPSA) is 175 Å². The van der Waals surface area contributed by atoms with E-state index in [9.17, 15) is 19.2 Å². The second kappa shape index (κ2) is 16.4. The van der Waals surface area contributed by atoms with E-state index in [4.69, 9.17) is 10.5 Å². The molecule has 0 unspecified atom stereocenters. The molecule has 1 fully saturated rings. The molecule has 4 amide bonds. The van der Waals surface area contributed by atoms with Crippen LogP contribution in [0.15, 0.2) is 73.2 Å². The summed E-state index contributed by atoms with van der Waals surface area (Å²) in [5.41, 5.74) is 12.7. The molecule has 276 valence electrons. The Morgan fingerprint density at radius 3 is 2.55 bits per heavy atom. The van der Waals surface area contributed by atoms with Crippen LogP contribution in [0.2, 0.25) is 0 Å². The van der Waals surface area contributed by atoms with Crippen LogP contribution < -0.4 is 26.4 Å². The fourth-order valence-corrected chi connectivity index (χ4v) is 6.87. The first-order valence-electron chi connectivity index (χ1n) is 18.4. The minimum Gasteiger partial charge on any atom is -0.482 e. The molecule has 2 aliphatic heterocycles. The third-order valence-corrected chi connectivity index (χ3v) is 9.96. The van der Waals surface area contributed by atoms with Crippen molar-refractivity contribution in [1.29, 1.82) is 0 Å². The number of aromatic amines is 1. The van der Waals surface area contributed by atoms with Gasteiger partial charge in [-0.1, -0.05) is 31.0 Å². The minimum absolute atomic E-state index is 0.0688. The average Bonchev–Trinajstić information content (AvgIpc) is 3.72. The highest BCUT2D eigenvalue weighted by molar-refractivity contribution is 6.04. The summed E-state index contributed by atoms with van der Waals surface area (Å²) in [7, 11) is 0. The van der Waals surface area contributed by atoms with Gasteiger partial charge in [-0.25, -0.2) is 4.98 Å². The number of unbranched alkanes of at least 4 members (excludes halogenated alkanes) is 3. The number of nitrogens with two attached hydrogens (primary N) is 1. The molecule has 0 radical (unpaired) electrons. The maximum Gasteiger partial charge on any atom is 0.262 e. The number of nitrogens with zero attached hydrogens (tertiary/aromatic N) is 3. The van der Waals surface area contributed by atoms with Crippen molar-refractivity contribution in [2.24, 2.45) is 5.73 Å². The van der Waals surface area contributed by atoms with Gasteiger partial charge in [0.1, 0.15) is 5.75 Å². The van der Waals surface area contributed by atoms with Crippen LogP contribution in [0.4, 0.5) is 11.4 Å². The SMILES string of the molecule is N[C@@H](Cc1cnc[nH]1)C(=O)NCCCCCCN1Cc2ccc(NC(=O)c3ccc(CN(C(=O)c4ccc5c(c4)OCC(=O)N5)C4CC4)cc3)cc2C1. The first kappa shape index (κ1) is 35.9. The molecule has 53 heavy (non-hydrogen) atoms. The van der Waals surface area contributed by atoms with Gasteiger partial charge in [0, 0.05) is 67.3 Å². The Kier molecular flexibility index (Phi) is 11.1. The Bertz CT molecular complexity index is 1940. The number of fused-ring (bicyclic) bond motifs is 2. The number of hydrogen-bond donors (Lipinski definition) is 5. The molecule has 7 rings (SSSR count). The zero-order chi connectivity index (χ0) is 36.7. The highest BCUT2D eigenvalue weighted by Crippen LogP contribution is 2.33.